The number of hydrogen-bond donors (Lipinski definition) is 0. The predicted octanol–water partition coefficient (Wildman–Crippen LogP) is 15.6. The van der Waals surface area contributed by atoms with Crippen molar-refractivity contribution in [3.63, 3.8) is 0 Å². The molecule has 0 saturated carbocycles. The highest BCUT2D eigenvalue weighted by Crippen LogP contribution is 2.50. The van der Waals surface area contributed by atoms with Crippen molar-refractivity contribution in [2.45, 2.75) is 19.3 Å². The van der Waals surface area contributed by atoms with Crippen LogP contribution in [0.3, 0.4) is 0 Å². The first kappa shape index (κ1) is 34.8. The van der Waals surface area contributed by atoms with Gasteiger partial charge in [-0.2, -0.15) is 0 Å². The minimum absolute atomic E-state index is 0.0457. The van der Waals surface area contributed by atoms with Crippen LogP contribution in [-0.4, -0.2) is 4.57 Å². The van der Waals surface area contributed by atoms with Gasteiger partial charge in [-0.25, -0.2) is 0 Å². The highest BCUT2D eigenvalue weighted by Gasteiger charge is 2.35. The molecule has 1 aliphatic rings. The van der Waals surface area contributed by atoms with Crippen LogP contribution < -0.4 is 4.90 Å². The van der Waals surface area contributed by atoms with Crippen molar-refractivity contribution in [2.75, 3.05) is 4.90 Å². The Morgan fingerprint density at radius 1 is 0.356 bits per heavy atom. The first-order chi connectivity index (χ1) is 29.0. The summed E-state index contributed by atoms with van der Waals surface area (Å²) in [6.07, 6.45) is 0. The first-order valence-corrected chi connectivity index (χ1v) is 20.5. The second kappa shape index (κ2) is 13.9. The maximum absolute atomic E-state index is 2.41. The van der Waals surface area contributed by atoms with Crippen LogP contribution in [0.25, 0.3) is 72.0 Å². The average Bonchev–Trinajstić information content (AvgIpc) is 3.75. The minimum atomic E-state index is -0.0457. The molecule has 0 radical (unpaired) electrons. The van der Waals surface area contributed by atoms with Gasteiger partial charge in [-0.05, 0) is 111 Å². The number of benzene rings is 9. The molecule has 0 saturated heterocycles. The summed E-state index contributed by atoms with van der Waals surface area (Å²) in [5.41, 5.74) is 19.5. The molecule has 280 valence electrons. The monoisotopic (exact) mass is 754 g/mol. The topological polar surface area (TPSA) is 8.17 Å². The van der Waals surface area contributed by atoms with Gasteiger partial charge < -0.3 is 9.47 Å². The highest BCUT2D eigenvalue weighted by molar-refractivity contribution is 6.09. The van der Waals surface area contributed by atoms with Crippen molar-refractivity contribution < 1.29 is 0 Å². The molecule has 2 heteroatoms. The smallest absolute Gasteiger partial charge is 0.0541 e. The Balaban J connectivity index is 0.996. The van der Waals surface area contributed by atoms with Crippen molar-refractivity contribution >= 4 is 38.9 Å². The third kappa shape index (κ3) is 5.79. The molecule has 0 bridgehead atoms. The fraction of sp³-hybridized carbons (Fsp3) is 0.0526. The van der Waals surface area contributed by atoms with E-state index in [2.05, 4.69) is 242 Å². The van der Waals surface area contributed by atoms with E-state index in [0.29, 0.717) is 0 Å². The van der Waals surface area contributed by atoms with Gasteiger partial charge in [0.2, 0.25) is 0 Å². The Morgan fingerprint density at radius 3 is 1.49 bits per heavy atom. The Labute approximate surface area is 345 Å². The van der Waals surface area contributed by atoms with E-state index in [0.717, 1.165) is 33.9 Å². The van der Waals surface area contributed by atoms with Gasteiger partial charge in [0.1, 0.15) is 0 Å². The van der Waals surface area contributed by atoms with Crippen LogP contribution in [0.4, 0.5) is 17.1 Å². The van der Waals surface area contributed by atoms with Crippen molar-refractivity contribution in [1.82, 2.24) is 4.57 Å². The van der Waals surface area contributed by atoms with E-state index in [1.54, 1.807) is 0 Å². The molecular formula is C57H42N2. The Morgan fingerprint density at radius 2 is 0.831 bits per heavy atom. The summed E-state index contributed by atoms with van der Waals surface area (Å²) in [5.74, 6) is 0. The van der Waals surface area contributed by atoms with Gasteiger partial charge in [-0.3, -0.25) is 0 Å². The average molecular weight is 755 g/mol. The summed E-state index contributed by atoms with van der Waals surface area (Å²) in [6, 6.07) is 79.7. The molecule has 2 nitrogen and oxygen atoms in total. The minimum Gasteiger partial charge on any atom is -0.310 e. The quantitative estimate of drug-likeness (QED) is 0.157. The molecule has 10 aromatic rings. The number of fused-ring (bicyclic) bond motifs is 6. The van der Waals surface area contributed by atoms with E-state index in [4.69, 9.17) is 0 Å². The summed E-state index contributed by atoms with van der Waals surface area (Å²) in [4.78, 5) is 2.40. The lowest BCUT2D eigenvalue weighted by atomic mass is 9.81. The van der Waals surface area contributed by atoms with E-state index in [9.17, 15) is 0 Å². The van der Waals surface area contributed by atoms with E-state index in [1.807, 2.05) is 0 Å². The predicted molar refractivity (Wildman–Crippen MR) is 249 cm³/mol. The van der Waals surface area contributed by atoms with Crippen LogP contribution in [0.15, 0.2) is 218 Å². The lowest BCUT2D eigenvalue weighted by Gasteiger charge is -2.28. The van der Waals surface area contributed by atoms with Gasteiger partial charge >= 0.3 is 0 Å². The van der Waals surface area contributed by atoms with Gasteiger partial charge in [0, 0.05) is 38.8 Å². The van der Waals surface area contributed by atoms with Crippen LogP contribution in [0.1, 0.15) is 25.0 Å². The molecule has 0 atom stereocenters. The largest absolute Gasteiger partial charge is 0.310 e. The van der Waals surface area contributed by atoms with Gasteiger partial charge in [0.15, 0.2) is 0 Å². The molecule has 0 spiro atoms. The van der Waals surface area contributed by atoms with Gasteiger partial charge in [-0.1, -0.05) is 172 Å². The fourth-order valence-electron chi connectivity index (χ4n) is 9.45. The van der Waals surface area contributed by atoms with E-state index in [1.165, 1.54) is 66.3 Å². The summed E-state index contributed by atoms with van der Waals surface area (Å²) in [7, 11) is 0. The molecule has 1 aromatic heterocycles. The molecule has 0 unspecified atom stereocenters. The Kier molecular flexibility index (Phi) is 8.20. The highest BCUT2D eigenvalue weighted by atomic mass is 15.1. The fourth-order valence-corrected chi connectivity index (χ4v) is 9.45. The number of anilines is 3. The summed E-state index contributed by atoms with van der Waals surface area (Å²) in [5, 5.41) is 2.53. The van der Waals surface area contributed by atoms with Crippen molar-refractivity contribution in [1.29, 1.82) is 0 Å². The molecule has 59 heavy (non-hydrogen) atoms. The number of para-hydroxylation sites is 3. The van der Waals surface area contributed by atoms with Crippen molar-refractivity contribution in [3.8, 4) is 50.2 Å². The zero-order valence-corrected chi connectivity index (χ0v) is 33.2. The molecule has 0 amide bonds. The maximum Gasteiger partial charge on any atom is 0.0541 e. The molecule has 0 aliphatic heterocycles. The normalized spacial score (nSPS) is 12.7. The van der Waals surface area contributed by atoms with Crippen LogP contribution >= 0.6 is 0 Å². The van der Waals surface area contributed by atoms with Gasteiger partial charge in [-0.15, -0.1) is 0 Å². The molecule has 11 rings (SSSR count). The van der Waals surface area contributed by atoms with Crippen LogP contribution in [0.2, 0.25) is 0 Å². The third-order valence-corrected chi connectivity index (χ3v) is 12.4. The molecule has 1 heterocycles. The zero-order valence-electron chi connectivity index (χ0n) is 33.2. The third-order valence-electron chi connectivity index (χ3n) is 12.4. The summed E-state index contributed by atoms with van der Waals surface area (Å²) < 4.78 is 2.38. The van der Waals surface area contributed by atoms with Gasteiger partial charge in [0.25, 0.3) is 0 Å². The van der Waals surface area contributed by atoms with E-state index in [-0.39, 0.29) is 5.41 Å². The number of nitrogens with zero attached hydrogens (tertiary/aromatic N) is 2. The summed E-state index contributed by atoms with van der Waals surface area (Å²) >= 11 is 0. The molecule has 0 fully saturated rings. The number of rotatable bonds is 7. The van der Waals surface area contributed by atoms with Crippen LogP contribution in [0, 0.1) is 0 Å². The lowest BCUT2D eigenvalue weighted by Crippen LogP contribution is -2.14. The first-order valence-electron chi connectivity index (χ1n) is 20.5. The summed E-state index contributed by atoms with van der Waals surface area (Å²) in [6.45, 7) is 4.70. The molecular weight excluding hydrogens is 713 g/mol. The van der Waals surface area contributed by atoms with E-state index >= 15 is 0 Å². The molecule has 0 N–H and O–H groups in total. The van der Waals surface area contributed by atoms with Crippen LogP contribution in [0.5, 0.6) is 0 Å². The number of aromatic nitrogens is 1. The Bertz CT molecular complexity index is 3100. The van der Waals surface area contributed by atoms with Gasteiger partial charge in [0.05, 0.1) is 16.7 Å². The molecule has 1 aliphatic carbocycles. The van der Waals surface area contributed by atoms with Crippen LogP contribution in [-0.2, 0) is 5.41 Å². The lowest BCUT2D eigenvalue weighted by molar-refractivity contribution is 0.660. The SMILES string of the molecule is CC1(C)c2ccccc2-c2ccc(-c3ccc(N(c4ccc(-c5ccccc5)cc4)c4ccccc4-c4ccc(-n5c6ccccc6c6ccccc65)cc4)cc3)cc21. The Hall–Kier alpha value is -7.42. The maximum atomic E-state index is 2.41. The second-order valence-electron chi connectivity index (χ2n) is 16.2. The van der Waals surface area contributed by atoms with Crippen molar-refractivity contribution in [3.05, 3.63) is 230 Å². The zero-order chi connectivity index (χ0) is 39.5. The second-order valence-corrected chi connectivity index (χ2v) is 16.2. The van der Waals surface area contributed by atoms with Crippen molar-refractivity contribution in [2.24, 2.45) is 0 Å². The number of hydrogen-bond acceptors (Lipinski definition) is 1. The standard InChI is InChI=1S/C57H42N2/c1-57(2)52-20-10-6-17-48(52)49-37-30-43(38-53(49)57)41-26-33-45(34-27-41)58(44-31-24-40(25-32-44)39-14-4-3-5-15-39)54-21-11-7-16-47(54)42-28-35-46(36-29-42)59-55-22-12-8-18-50(55)51-19-9-13-23-56(51)59/h3-38H,1-2H3. The molecule has 9 aromatic carbocycles. The van der Waals surface area contributed by atoms with E-state index < -0.39 is 0 Å².